The third-order valence-corrected chi connectivity index (χ3v) is 7.56. The molecule has 0 bridgehead atoms. The van der Waals surface area contributed by atoms with Gasteiger partial charge in [-0.2, -0.15) is 0 Å². The van der Waals surface area contributed by atoms with E-state index >= 15 is 0 Å². The van der Waals surface area contributed by atoms with E-state index in [1.165, 1.54) is 0 Å². The van der Waals surface area contributed by atoms with Crippen molar-refractivity contribution >= 4 is 29.6 Å². The molecule has 0 unspecified atom stereocenters. The van der Waals surface area contributed by atoms with Crippen molar-refractivity contribution in [1.29, 1.82) is 0 Å². The largest absolute Gasteiger partial charge is 0.494 e. The van der Waals surface area contributed by atoms with Crippen LogP contribution in [0.15, 0.2) is 121 Å². The first-order valence-corrected chi connectivity index (χ1v) is 14.6. The summed E-state index contributed by atoms with van der Waals surface area (Å²) in [4.78, 5) is 40.9. The van der Waals surface area contributed by atoms with Gasteiger partial charge in [0.25, 0.3) is 11.8 Å². The lowest BCUT2D eigenvalue weighted by atomic mass is 10.0. The second kappa shape index (κ2) is 12.3. The molecular formula is C37H31N3O4. The molecule has 0 atom stereocenters. The minimum Gasteiger partial charge on any atom is -0.494 e. The van der Waals surface area contributed by atoms with Gasteiger partial charge < -0.3 is 9.30 Å². The van der Waals surface area contributed by atoms with E-state index in [2.05, 4.69) is 9.88 Å². The number of hydrogen-bond donors (Lipinski definition) is 1. The summed E-state index contributed by atoms with van der Waals surface area (Å²) in [6, 6.07) is 35.9. The molecule has 7 nitrogen and oxygen atoms in total. The second-order valence-corrected chi connectivity index (χ2v) is 10.3. The summed E-state index contributed by atoms with van der Waals surface area (Å²) < 4.78 is 7.81. The summed E-state index contributed by atoms with van der Waals surface area (Å²) >= 11 is 0. The molecule has 1 aliphatic rings. The van der Waals surface area contributed by atoms with Gasteiger partial charge in [0.05, 0.1) is 23.7 Å². The van der Waals surface area contributed by atoms with Crippen LogP contribution in [-0.4, -0.2) is 29.0 Å². The number of carbonyl (C=O) groups is 3. The van der Waals surface area contributed by atoms with E-state index in [0.717, 1.165) is 50.8 Å². The Bertz CT molecular complexity index is 1860. The molecular weight excluding hydrogens is 550 g/mol. The lowest BCUT2D eigenvalue weighted by Gasteiger charge is -2.26. The number of imide groups is 2. The molecule has 4 amide bonds. The van der Waals surface area contributed by atoms with Crippen molar-refractivity contribution in [2.75, 3.05) is 11.5 Å². The highest BCUT2D eigenvalue weighted by Gasteiger charge is 2.37. The number of aromatic nitrogens is 1. The SMILES string of the molecule is CCOc1ccc(-n2c(-c3ccccc3)cc(/C=C3/C(=O)NC(=O)N(c4ccc(CC)cc4)C3=O)c2-c2ccccc2)cc1. The molecule has 1 saturated heterocycles. The Labute approximate surface area is 256 Å². The quantitative estimate of drug-likeness (QED) is 0.153. The number of nitrogens with one attached hydrogen (secondary N) is 1. The highest BCUT2D eigenvalue weighted by atomic mass is 16.5. The van der Waals surface area contributed by atoms with Gasteiger partial charge in [-0.15, -0.1) is 0 Å². The zero-order valence-corrected chi connectivity index (χ0v) is 24.5. The maximum atomic E-state index is 13.8. The van der Waals surface area contributed by atoms with Gasteiger partial charge in [0.15, 0.2) is 0 Å². The van der Waals surface area contributed by atoms with Crippen molar-refractivity contribution in [3.8, 4) is 34.0 Å². The van der Waals surface area contributed by atoms with Gasteiger partial charge in [-0.05, 0) is 78.6 Å². The van der Waals surface area contributed by atoms with Gasteiger partial charge in [0, 0.05) is 11.3 Å². The molecule has 1 aliphatic heterocycles. The fraction of sp³-hybridized carbons (Fsp3) is 0.108. The Balaban J connectivity index is 1.56. The van der Waals surface area contributed by atoms with Crippen LogP contribution >= 0.6 is 0 Å². The van der Waals surface area contributed by atoms with E-state index in [1.54, 1.807) is 18.2 Å². The first-order chi connectivity index (χ1) is 21.5. The number of anilines is 1. The van der Waals surface area contributed by atoms with Crippen LogP contribution in [0.4, 0.5) is 10.5 Å². The normalized spacial score (nSPS) is 14.2. The highest BCUT2D eigenvalue weighted by Crippen LogP contribution is 2.38. The molecule has 218 valence electrons. The molecule has 0 aliphatic carbocycles. The lowest BCUT2D eigenvalue weighted by Crippen LogP contribution is -2.54. The number of benzene rings is 4. The Kier molecular flexibility index (Phi) is 7.93. The topological polar surface area (TPSA) is 80.6 Å². The maximum Gasteiger partial charge on any atom is 0.335 e. The van der Waals surface area contributed by atoms with Gasteiger partial charge in [0.2, 0.25) is 0 Å². The minimum absolute atomic E-state index is 0.134. The number of hydrogen-bond acceptors (Lipinski definition) is 4. The zero-order valence-electron chi connectivity index (χ0n) is 24.5. The Morgan fingerprint density at radius 3 is 1.95 bits per heavy atom. The van der Waals surface area contributed by atoms with E-state index < -0.39 is 17.8 Å². The first kappa shape index (κ1) is 28.4. The molecule has 2 heterocycles. The van der Waals surface area contributed by atoms with Crippen LogP contribution in [0.2, 0.25) is 0 Å². The minimum atomic E-state index is -0.776. The monoisotopic (exact) mass is 581 g/mol. The van der Waals surface area contributed by atoms with E-state index in [4.69, 9.17) is 4.74 Å². The Hall–Kier alpha value is -5.69. The molecule has 1 fully saturated rings. The number of nitrogens with zero attached hydrogens (tertiary/aromatic N) is 2. The summed E-state index contributed by atoms with van der Waals surface area (Å²) in [6.45, 7) is 4.53. The predicted octanol–water partition coefficient (Wildman–Crippen LogP) is 7.44. The van der Waals surface area contributed by atoms with Crippen LogP contribution < -0.4 is 15.0 Å². The molecule has 6 rings (SSSR count). The van der Waals surface area contributed by atoms with Crippen LogP contribution in [0.5, 0.6) is 5.75 Å². The van der Waals surface area contributed by atoms with Crippen molar-refractivity contribution < 1.29 is 19.1 Å². The fourth-order valence-corrected chi connectivity index (χ4v) is 5.41. The number of ether oxygens (including phenoxy) is 1. The average Bonchev–Trinajstić information content (AvgIpc) is 3.44. The predicted molar refractivity (Wildman–Crippen MR) is 173 cm³/mol. The van der Waals surface area contributed by atoms with Crippen molar-refractivity contribution in [3.05, 3.63) is 132 Å². The van der Waals surface area contributed by atoms with Gasteiger partial charge in [0.1, 0.15) is 11.3 Å². The Morgan fingerprint density at radius 2 is 1.34 bits per heavy atom. The summed E-state index contributed by atoms with van der Waals surface area (Å²) in [5, 5.41) is 2.36. The molecule has 7 heteroatoms. The lowest BCUT2D eigenvalue weighted by molar-refractivity contribution is -0.122. The van der Waals surface area contributed by atoms with Gasteiger partial charge >= 0.3 is 6.03 Å². The van der Waals surface area contributed by atoms with Gasteiger partial charge in [-0.25, -0.2) is 9.69 Å². The van der Waals surface area contributed by atoms with Crippen LogP contribution in [0.3, 0.4) is 0 Å². The summed E-state index contributed by atoms with van der Waals surface area (Å²) in [7, 11) is 0. The van der Waals surface area contributed by atoms with E-state index in [9.17, 15) is 14.4 Å². The molecule has 0 saturated carbocycles. The van der Waals surface area contributed by atoms with E-state index in [1.807, 2.05) is 117 Å². The van der Waals surface area contributed by atoms with Crippen molar-refractivity contribution in [2.24, 2.45) is 0 Å². The molecule has 5 aromatic rings. The number of carbonyl (C=O) groups excluding carboxylic acids is 3. The fourth-order valence-electron chi connectivity index (χ4n) is 5.41. The molecule has 1 N–H and O–H groups in total. The van der Waals surface area contributed by atoms with Crippen LogP contribution in [0.25, 0.3) is 34.3 Å². The van der Waals surface area contributed by atoms with Crippen molar-refractivity contribution in [3.63, 3.8) is 0 Å². The number of barbiturate groups is 1. The summed E-state index contributed by atoms with van der Waals surface area (Å²) in [5.74, 6) is -0.665. The maximum absolute atomic E-state index is 13.8. The first-order valence-electron chi connectivity index (χ1n) is 14.6. The van der Waals surface area contributed by atoms with Gasteiger partial charge in [-0.1, -0.05) is 79.7 Å². The average molecular weight is 582 g/mol. The molecule has 1 aromatic heterocycles. The zero-order chi connectivity index (χ0) is 30.6. The number of aryl methyl sites for hydroxylation is 1. The standard InChI is InChI=1S/C37H31N3O4/c1-3-25-15-17-30(18-16-25)40-36(42)32(35(41)38-37(40)43)23-28-24-33(26-11-7-5-8-12-26)39(34(28)27-13-9-6-10-14-27)29-19-21-31(22-20-29)44-4-2/h5-24H,3-4H2,1-2H3,(H,38,41,43)/b32-23-. The third kappa shape index (κ3) is 5.43. The third-order valence-electron chi connectivity index (χ3n) is 7.56. The highest BCUT2D eigenvalue weighted by molar-refractivity contribution is 6.39. The number of urea groups is 1. The number of amides is 4. The smallest absolute Gasteiger partial charge is 0.335 e. The number of rotatable bonds is 8. The molecule has 4 aromatic carbocycles. The van der Waals surface area contributed by atoms with E-state index in [-0.39, 0.29) is 5.57 Å². The van der Waals surface area contributed by atoms with Crippen molar-refractivity contribution in [2.45, 2.75) is 20.3 Å². The summed E-state index contributed by atoms with van der Waals surface area (Å²) in [6.07, 6.45) is 2.40. The van der Waals surface area contributed by atoms with Crippen molar-refractivity contribution in [1.82, 2.24) is 9.88 Å². The van der Waals surface area contributed by atoms with E-state index in [0.29, 0.717) is 17.9 Å². The van der Waals surface area contributed by atoms with Crippen LogP contribution in [0.1, 0.15) is 25.0 Å². The van der Waals surface area contributed by atoms with Crippen LogP contribution in [0, 0.1) is 0 Å². The summed E-state index contributed by atoms with van der Waals surface area (Å²) in [5.41, 5.74) is 6.36. The van der Waals surface area contributed by atoms with Gasteiger partial charge in [-0.3, -0.25) is 14.9 Å². The molecule has 0 radical (unpaired) electrons. The van der Waals surface area contributed by atoms with Crippen LogP contribution in [-0.2, 0) is 16.0 Å². The second-order valence-electron chi connectivity index (χ2n) is 10.3. The molecule has 44 heavy (non-hydrogen) atoms. The molecule has 0 spiro atoms. The Morgan fingerprint density at radius 1 is 0.727 bits per heavy atom.